The molecule has 0 heterocycles. The molecule has 2 amide bonds. The maximum Gasteiger partial charge on any atom is 0.254 e. The number of rotatable bonds is 5. The summed E-state index contributed by atoms with van der Waals surface area (Å²) >= 11 is 7.36. The molecule has 0 aliphatic rings. The highest BCUT2D eigenvalue weighted by molar-refractivity contribution is 7.98. The van der Waals surface area contributed by atoms with E-state index in [0.717, 1.165) is 10.6 Å². The number of nitrogens with zero attached hydrogens (tertiary/aromatic N) is 1. The number of carbonyl (C=O) groups excluding carboxylic acids is 2. The van der Waals surface area contributed by atoms with Crippen LogP contribution in [0.25, 0.3) is 0 Å². The highest BCUT2D eigenvalue weighted by atomic mass is 35.5. The van der Waals surface area contributed by atoms with E-state index in [9.17, 15) is 9.59 Å². The zero-order valence-electron chi connectivity index (χ0n) is 12.9. The smallest absolute Gasteiger partial charge is 0.254 e. The lowest BCUT2D eigenvalue weighted by atomic mass is 10.2. The first kappa shape index (κ1) is 17.4. The quantitative estimate of drug-likeness (QED) is 0.837. The van der Waals surface area contributed by atoms with Gasteiger partial charge >= 0.3 is 0 Å². The third-order valence-electron chi connectivity index (χ3n) is 3.20. The molecule has 23 heavy (non-hydrogen) atoms. The van der Waals surface area contributed by atoms with Crippen molar-refractivity contribution >= 4 is 40.9 Å². The van der Waals surface area contributed by atoms with Crippen LogP contribution < -0.4 is 5.32 Å². The van der Waals surface area contributed by atoms with E-state index in [-0.39, 0.29) is 18.4 Å². The molecule has 0 fully saturated rings. The van der Waals surface area contributed by atoms with Gasteiger partial charge in [0.05, 0.1) is 12.2 Å². The molecule has 2 aromatic carbocycles. The molecule has 0 bridgehead atoms. The van der Waals surface area contributed by atoms with Gasteiger partial charge in [0, 0.05) is 22.5 Å². The molecule has 2 rings (SSSR count). The summed E-state index contributed by atoms with van der Waals surface area (Å²) in [5.41, 5.74) is 1.24. The lowest BCUT2D eigenvalue weighted by Gasteiger charge is -2.17. The maximum atomic E-state index is 12.3. The van der Waals surface area contributed by atoms with Crippen LogP contribution in [0, 0.1) is 0 Å². The molecular weight excluding hydrogens is 332 g/mol. The van der Waals surface area contributed by atoms with Crippen molar-refractivity contribution in [3.63, 3.8) is 0 Å². The molecule has 6 heteroatoms. The number of amides is 2. The van der Waals surface area contributed by atoms with Crippen LogP contribution in [-0.4, -0.2) is 36.6 Å². The van der Waals surface area contributed by atoms with Gasteiger partial charge in [-0.1, -0.05) is 23.7 Å². The Balaban J connectivity index is 1.99. The van der Waals surface area contributed by atoms with Crippen LogP contribution in [0.3, 0.4) is 0 Å². The van der Waals surface area contributed by atoms with Crippen LogP contribution in [-0.2, 0) is 4.79 Å². The molecule has 0 aliphatic carbocycles. The number of hydrogen-bond donors (Lipinski definition) is 1. The Morgan fingerprint density at radius 1 is 1.13 bits per heavy atom. The van der Waals surface area contributed by atoms with Gasteiger partial charge in [0.2, 0.25) is 5.91 Å². The Morgan fingerprint density at radius 2 is 1.78 bits per heavy atom. The minimum absolute atomic E-state index is 0.0236. The number of likely N-dealkylation sites (N-methyl/N-ethyl adjacent to an activating group) is 1. The standard InChI is InChI=1S/C17H17ClN2O2S/c1-20(17(22)12-7-9-13(18)10-8-12)11-16(21)19-14-5-3-4-6-15(14)23-2/h3-10H,11H2,1-2H3,(H,19,21). The molecule has 0 saturated heterocycles. The number of thioether (sulfide) groups is 1. The van der Waals surface area contributed by atoms with Crippen molar-refractivity contribution in [1.29, 1.82) is 0 Å². The van der Waals surface area contributed by atoms with E-state index in [1.165, 1.54) is 4.90 Å². The van der Waals surface area contributed by atoms with Crippen molar-refractivity contribution < 1.29 is 9.59 Å². The average Bonchev–Trinajstić information content (AvgIpc) is 2.55. The second-order valence-electron chi connectivity index (χ2n) is 4.92. The van der Waals surface area contributed by atoms with Gasteiger partial charge in [-0.15, -0.1) is 11.8 Å². The number of carbonyl (C=O) groups is 2. The highest BCUT2D eigenvalue weighted by Gasteiger charge is 2.15. The van der Waals surface area contributed by atoms with E-state index in [1.807, 2.05) is 30.5 Å². The van der Waals surface area contributed by atoms with E-state index in [1.54, 1.807) is 43.1 Å². The SMILES string of the molecule is CSc1ccccc1NC(=O)CN(C)C(=O)c1ccc(Cl)cc1. The molecule has 0 atom stereocenters. The van der Waals surface area contributed by atoms with Crippen LogP contribution in [0.5, 0.6) is 0 Å². The van der Waals surface area contributed by atoms with Crippen molar-refractivity contribution in [2.75, 3.05) is 25.2 Å². The van der Waals surface area contributed by atoms with Crippen molar-refractivity contribution in [2.45, 2.75) is 4.90 Å². The number of halogens is 1. The summed E-state index contributed by atoms with van der Waals surface area (Å²) in [5, 5.41) is 3.40. The van der Waals surface area contributed by atoms with E-state index in [0.29, 0.717) is 10.6 Å². The first-order valence-corrected chi connectivity index (χ1v) is 8.55. The van der Waals surface area contributed by atoms with Crippen molar-refractivity contribution in [1.82, 2.24) is 4.90 Å². The number of anilines is 1. The Labute approximate surface area is 144 Å². The van der Waals surface area contributed by atoms with Gasteiger partial charge in [-0.2, -0.15) is 0 Å². The second kappa shape index (κ2) is 8.04. The first-order chi connectivity index (χ1) is 11.0. The molecule has 0 saturated carbocycles. The minimum atomic E-state index is -0.240. The average molecular weight is 349 g/mol. The summed E-state index contributed by atoms with van der Waals surface area (Å²) < 4.78 is 0. The van der Waals surface area contributed by atoms with Gasteiger partial charge in [-0.05, 0) is 42.7 Å². The highest BCUT2D eigenvalue weighted by Crippen LogP contribution is 2.24. The Bertz CT molecular complexity index is 704. The van der Waals surface area contributed by atoms with Gasteiger partial charge < -0.3 is 10.2 Å². The molecule has 0 aromatic heterocycles. The third kappa shape index (κ3) is 4.74. The molecule has 0 radical (unpaired) electrons. The van der Waals surface area contributed by atoms with Gasteiger partial charge in [0.1, 0.15) is 0 Å². The van der Waals surface area contributed by atoms with E-state index >= 15 is 0 Å². The lowest BCUT2D eigenvalue weighted by molar-refractivity contribution is -0.116. The summed E-state index contributed by atoms with van der Waals surface area (Å²) in [7, 11) is 1.59. The number of para-hydroxylation sites is 1. The molecular formula is C17H17ClN2O2S. The van der Waals surface area contributed by atoms with Gasteiger partial charge in [0.25, 0.3) is 5.91 Å². The first-order valence-electron chi connectivity index (χ1n) is 6.95. The predicted octanol–water partition coefficient (Wildman–Crippen LogP) is 3.77. The number of hydrogen-bond acceptors (Lipinski definition) is 3. The molecule has 0 aliphatic heterocycles. The fourth-order valence-corrected chi connectivity index (χ4v) is 2.72. The topological polar surface area (TPSA) is 49.4 Å². The van der Waals surface area contributed by atoms with E-state index in [4.69, 9.17) is 11.6 Å². The Kier molecular flexibility index (Phi) is 6.07. The summed E-state index contributed by atoms with van der Waals surface area (Å²) in [6.07, 6.45) is 1.95. The number of nitrogens with one attached hydrogen (secondary N) is 1. The molecule has 1 N–H and O–H groups in total. The Hall–Kier alpha value is -1.98. The van der Waals surface area contributed by atoms with Crippen LogP contribution in [0.4, 0.5) is 5.69 Å². The van der Waals surface area contributed by atoms with Crippen molar-refractivity contribution in [2.24, 2.45) is 0 Å². The van der Waals surface area contributed by atoms with Crippen LogP contribution in [0.15, 0.2) is 53.4 Å². The van der Waals surface area contributed by atoms with Crippen molar-refractivity contribution in [3.8, 4) is 0 Å². The molecule has 0 spiro atoms. The van der Waals surface area contributed by atoms with Crippen molar-refractivity contribution in [3.05, 3.63) is 59.1 Å². The molecule has 0 unspecified atom stereocenters. The zero-order chi connectivity index (χ0) is 16.8. The van der Waals surface area contributed by atoms with Crippen LogP contribution >= 0.6 is 23.4 Å². The third-order valence-corrected chi connectivity index (χ3v) is 4.25. The Morgan fingerprint density at radius 3 is 2.43 bits per heavy atom. The monoisotopic (exact) mass is 348 g/mol. The fraction of sp³-hybridized carbons (Fsp3) is 0.176. The minimum Gasteiger partial charge on any atom is -0.332 e. The zero-order valence-corrected chi connectivity index (χ0v) is 14.4. The van der Waals surface area contributed by atoms with Gasteiger partial charge in [-0.25, -0.2) is 0 Å². The summed E-state index contributed by atoms with van der Waals surface area (Å²) in [6.45, 7) is -0.0236. The van der Waals surface area contributed by atoms with Crippen LogP contribution in [0.2, 0.25) is 5.02 Å². The normalized spacial score (nSPS) is 10.2. The largest absolute Gasteiger partial charge is 0.332 e. The molecule has 2 aromatic rings. The lowest BCUT2D eigenvalue weighted by Crippen LogP contribution is -2.35. The second-order valence-corrected chi connectivity index (χ2v) is 6.20. The summed E-state index contributed by atoms with van der Waals surface area (Å²) in [4.78, 5) is 26.8. The van der Waals surface area contributed by atoms with Crippen LogP contribution in [0.1, 0.15) is 10.4 Å². The van der Waals surface area contributed by atoms with Gasteiger partial charge in [0.15, 0.2) is 0 Å². The van der Waals surface area contributed by atoms with E-state index in [2.05, 4.69) is 5.32 Å². The predicted molar refractivity (Wildman–Crippen MR) is 95.3 cm³/mol. The van der Waals surface area contributed by atoms with E-state index < -0.39 is 0 Å². The fourth-order valence-electron chi connectivity index (χ4n) is 2.04. The maximum absolute atomic E-state index is 12.3. The number of benzene rings is 2. The summed E-state index contributed by atoms with van der Waals surface area (Å²) in [6, 6.07) is 14.1. The van der Waals surface area contributed by atoms with Gasteiger partial charge in [-0.3, -0.25) is 9.59 Å². The molecule has 4 nitrogen and oxygen atoms in total. The summed E-state index contributed by atoms with van der Waals surface area (Å²) in [5.74, 6) is -0.466. The molecule has 120 valence electrons.